The summed E-state index contributed by atoms with van der Waals surface area (Å²) in [6.45, 7) is 4.81. The number of cyclic esters (lactones) is 1. The number of hydrogen-bond donors (Lipinski definition) is 3. The van der Waals surface area contributed by atoms with E-state index in [0.29, 0.717) is 31.5 Å². The van der Waals surface area contributed by atoms with Gasteiger partial charge in [0.25, 0.3) is 5.91 Å². The quantitative estimate of drug-likeness (QED) is 0.556. The molecule has 2 aromatic rings. The van der Waals surface area contributed by atoms with Crippen LogP contribution in [-0.2, 0) is 16.1 Å². The topological polar surface area (TPSA) is 119 Å². The van der Waals surface area contributed by atoms with E-state index in [2.05, 4.69) is 27.2 Å². The Hall–Kier alpha value is -2.75. The summed E-state index contributed by atoms with van der Waals surface area (Å²) in [5.41, 5.74) is 1.78. The van der Waals surface area contributed by atoms with Crippen molar-refractivity contribution in [2.45, 2.75) is 64.2 Å². The van der Waals surface area contributed by atoms with Gasteiger partial charge in [-0.05, 0) is 63.7 Å². The normalized spacial score (nSPS) is 24.4. The molecule has 4 rings (SSSR count). The van der Waals surface area contributed by atoms with Crippen molar-refractivity contribution in [1.29, 1.82) is 0 Å². The van der Waals surface area contributed by atoms with Crippen LogP contribution in [0.15, 0.2) is 36.4 Å². The van der Waals surface area contributed by atoms with Crippen molar-refractivity contribution < 1.29 is 24.5 Å². The van der Waals surface area contributed by atoms with E-state index in [4.69, 9.17) is 4.74 Å². The minimum absolute atomic E-state index is 0.188. The van der Waals surface area contributed by atoms with Gasteiger partial charge in [-0.2, -0.15) is 5.10 Å². The molecule has 3 heterocycles. The van der Waals surface area contributed by atoms with Crippen LogP contribution in [0.5, 0.6) is 0 Å². The van der Waals surface area contributed by atoms with Gasteiger partial charge < -0.3 is 19.8 Å². The molecule has 9 heteroatoms. The van der Waals surface area contributed by atoms with Gasteiger partial charge in [-0.15, -0.1) is 0 Å². The number of carbonyl (C=O) groups excluding carboxylic acids is 2. The largest absolute Gasteiger partial charge is 0.462 e. The molecule has 0 unspecified atom stereocenters. The molecule has 9 nitrogen and oxygen atoms in total. The van der Waals surface area contributed by atoms with Gasteiger partial charge in [0, 0.05) is 25.3 Å². The number of H-pyrrole nitrogens is 1. The maximum absolute atomic E-state index is 13.3. The lowest BCUT2D eigenvalue weighted by molar-refractivity contribution is -0.165. The second-order valence-corrected chi connectivity index (χ2v) is 10.2. The Labute approximate surface area is 212 Å². The van der Waals surface area contributed by atoms with Crippen LogP contribution in [0.2, 0.25) is 0 Å². The first kappa shape index (κ1) is 26.3. The highest BCUT2D eigenvalue weighted by molar-refractivity contribution is 5.92. The molecule has 1 amide bonds. The number of piperidine rings is 1. The Morgan fingerprint density at radius 2 is 1.83 bits per heavy atom. The number of aryl methyl sites for hydroxylation is 1. The van der Waals surface area contributed by atoms with Gasteiger partial charge in [0.15, 0.2) is 0 Å². The van der Waals surface area contributed by atoms with E-state index >= 15 is 0 Å². The van der Waals surface area contributed by atoms with Gasteiger partial charge in [-0.25, -0.2) is 0 Å². The lowest BCUT2D eigenvalue weighted by atomic mass is 9.74. The van der Waals surface area contributed by atoms with Gasteiger partial charge in [0.2, 0.25) is 0 Å². The molecule has 2 fully saturated rings. The zero-order chi connectivity index (χ0) is 25.5. The smallest absolute Gasteiger partial charge is 0.312 e. The van der Waals surface area contributed by atoms with Gasteiger partial charge >= 0.3 is 5.97 Å². The Morgan fingerprint density at radius 3 is 2.53 bits per heavy atom. The van der Waals surface area contributed by atoms with Crippen molar-refractivity contribution in [1.82, 2.24) is 20.0 Å². The summed E-state index contributed by atoms with van der Waals surface area (Å²) in [7, 11) is 0. The van der Waals surface area contributed by atoms with Gasteiger partial charge in [-0.3, -0.25) is 19.6 Å². The van der Waals surface area contributed by atoms with Crippen molar-refractivity contribution in [3.05, 3.63) is 53.3 Å². The van der Waals surface area contributed by atoms with Crippen molar-refractivity contribution >= 4 is 11.9 Å². The number of nitrogens with one attached hydrogen (secondary N) is 1. The van der Waals surface area contributed by atoms with Crippen LogP contribution in [0.25, 0.3) is 0 Å². The maximum atomic E-state index is 13.3. The number of aromatic amines is 1. The molecule has 36 heavy (non-hydrogen) atoms. The summed E-state index contributed by atoms with van der Waals surface area (Å²) in [4.78, 5) is 30.3. The molecule has 1 aromatic carbocycles. The molecule has 1 spiro atoms. The lowest BCUT2D eigenvalue weighted by Gasteiger charge is -2.40. The number of aliphatic hydroxyl groups excluding tert-OH is 2. The average Bonchev–Trinajstić information content (AvgIpc) is 3.33. The van der Waals surface area contributed by atoms with Crippen LogP contribution >= 0.6 is 0 Å². The molecule has 0 saturated carbocycles. The zero-order valence-corrected chi connectivity index (χ0v) is 21.1. The molecule has 0 aliphatic carbocycles. The molecule has 196 valence electrons. The van der Waals surface area contributed by atoms with Crippen LogP contribution in [0.4, 0.5) is 0 Å². The summed E-state index contributed by atoms with van der Waals surface area (Å²) in [5.74, 6) is -0.487. The molecule has 2 aliphatic heterocycles. The van der Waals surface area contributed by atoms with Gasteiger partial charge in [0.05, 0.1) is 11.5 Å². The first-order chi connectivity index (χ1) is 17.4. The first-order valence-corrected chi connectivity index (χ1v) is 13.0. The Balaban J connectivity index is 1.42. The number of ether oxygens (including phenoxy) is 1. The molecule has 0 radical (unpaired) electrons. The summed E-state index contributed by atoms with van der Waals surface area (Å²) in [6.07, 6.45) is 1.45. The molecular weight excluding hydrogens is 460 g/mol. The summed E-state index contributed by atoms with van der Waals surface area (Å²) >= 11 is 0. The number of amides is 1. The van der Waals surface area contributed by atoms with Crippen LogP contribution < -0.4 is 0 Å². The highest BCUT2D eigenvalue weighted by atomic mass is 16.5. The molecule has 2 atom stereocenters. The Morgan fingerprint density at radius 1 is 1.08 bits per heavy atom. The van der Waals surface area contributed by atoms with Crippen LogP contribution in [0, 0.1) is 12.3 Å². The molecule has 3 N–H and O–H groups in total. The maximum Gasteiger partial charge on any atom is 0.312 e. The van der Waals surface area contributed by atoms with E-state index in [1.54, 1.807) is 11.0 Å². The van der Waals surface area contributed by atoms with Crippen LogP contribution in [-0.4, -0.2) is 87.1 Å². The average molecular weight is 499 g/mol. The molecule has 2 saturated heterocycles. The predicted octanol–water partition coefficient (Wildman–Crippen LogP) is 2.28. The fourth-order valence-electron chi connectivity index (χ4n) is 5.21. The Bertz CT molecular complexity index is 1000. The monoisotopic (exact) mass is 498 g/mol. The van der Waals surface area contributed by atoms with E-state index in [-0.39, 0.29) is 31.4 Å². The zero-order valence-electron chi connectivity index (χ0n) is 21.1. The van der Waals surface area contributed by atoms with E-state index in [0.717, 1.165) is 38.2 Å². The van der Waals surface area contributed by atoms with Crippen LogP contribution in [0.1, 0.15) is 60.3 Å². The highest BCUT2D eigenvalue weighted by Crippen LogP contribution is 2.38. The third-order valence-electron chi connectivity index (χ3n) is 7.56. The molecular formula is C27H38N4O5. The van der Waals surface area contributed by atoms with E-state index < -0.39 is 17.6 Å². The van der Waals surface area contributed by atoms with Gasteiger partial charge in [-0.1, -0.05) is 36.8 Å². The minimum Gasteiger partial charge on any atom is -0.462 e. The number of carbonyl (C=O) groups is 2. The molecule has 0 bridgehead atoms. The number of nitrogens with zero attached hydrogens (tertiary/aromatic N) is 3. The number of aliphatic hydroxyl groups is 2. The standard InChI is InChI=1S/C27H38N4O5/c1-20-17-22(29-28-20)25(34)31-13-6-5-10-27(26(35)36-19-24(33)23(32)9-14-31)11-15-30(16-12-27)18-21-7-3-2-4-8-21/h2-4,7-8,17,23-24,32-33H,5-6,9-16,18-19H2,1H3,(H,28,29)/t23-,24+/m0/s1. The Kier molecular flexibility index (Phi) is 8.77. The second kappa shape index (κ2) is 12.0. The number of aromatic nitrogens is 2. The van der Waals surface area contributed by atoms with Crippen LogP contribution in [0.3, 0.4) is 0 Å². The number of likely N-dealkylation sites (tertiary alicyclic amines) is 1. The number of esters is 1. The summed E-state index contributed by atoms with van der Waals surface area (Å²) < 4.78 is 5.57. The van der Waals surface area contributed by atoms with Gasteiger partial charge in [0.1, 0.15) is 18.4 Å². The predicted molar refractivity (Wildman–Crippen MR) is 134 cm³/mol. The lowest BCUT2D eigenvalue weighted by Crippen LogP contribution is -2.45. The third kappa shape index (κ3) is 6.52. The third-order valence-corrected chi connectivity index (χ3v) is 7.56. The van der Waals surface area contributed by atoms with E-state index in [1.165, 1.54) is 5.56 Å². The second-order valence-electron chi connectivity index (χ2n) is 10.2. The fourth-order valence-corrected chi connectivity index (χ4v) is 5.21. The number of hydrogen-bond acceptors (Lipinski definition) is 7. The van der Waals surface area contributed by atoms with Crippen molar-refractivity contribution in [2.75, 3.05) is 32.8 Å². The first-order valence-electron chi connectivity index (χ1n) is 13.0. The van der Waals surface area contributed by atoms with Crippen molar-refractivity contribution in [3.8, 4) is 0 Å². The highest BCUT2D eigenvalue weighted by Gasteiger charge is 2.42. The SMILES string of the molecule is Cc1cc(C(=O)N2CCCCC3(CCN(Cc4ccccc4)CC3)C(=O)OC[C@@H](O)[C@@H](O)CC2)n[nH]1. The number of rotatable bonds is 3. The fraction of sp³-hybridized carbons (Fsp3) is 0.593. The summed E-state index contributed by atoms with van der Waals surface area (Å²) in [5, 5.41) is 27.8. The van der Waals surface area contributed by atoms with Crippen molar-refractivity contribution in [2.24, 2.45) is 5.41 Å². The number of benzene rings is 1. The molecule has 2 aliphatic rings. The minimum atomic E-state index is -1.20. The van der Waals surface area contributed by atoms with E-state index in [9.17, 15) is 19.8 Å². The van der Waals surface area contributed by atoms with Crippen molar-refractivity contribution in [3.63, 3.8) is 0 Å². The van der Waals surface area contributed by atoms with E-state index in [1.807, 2.05) is 25.1 Å². The summed E-state index contributed by atoms with van der Waals surface area (Å²) in [6, 6.07) is 12.0. The molecule has 1 aromatic heterocycles.